The number of benzene rings is 2. The molecule has 0 atom stereocenters. The van der Waals surface area contributed by atoms with Gasteiger partial charge < -0.3 is 9.73 Å². The van der Waals surface area contributed by atoms with Gasteiger partial charge in [0.25, 0.3) is 5.69 Å². The molecular formula is C17H12BrClN2O4. The summed E-state index contributed by atoms with van der Waals surface area (Å²) >= 11 is 9.41. The second-order valence-corrected chi connectivity index (χ2v) is 6.77. The molecule has 0 bridgehead atoms. The Kier molecular flexibility index (Phi) is 4.78. The molecule has 1 aromatic heterocycles. The Balaban J connectivity index is 1.83. The molecular weight excluding hydrogens is 412 g/mol. The van der Waals surface area contributed by atoms with E-state index in [0.717, 1.165) is 10.9 Å². The molecule has 3 aromatic rings. The van der Waals surface area contributed by atoms with Gasteiger partial charge in [-0.3, -0.25) is 14.9 Å². The van der Waals surface area contributed by atoms with E-state index in [9.17, 15) is 14.9 Å². The number of hydrogen-bond acceptors (Lipinski definition) is 4. The first kappa shape index (κ1) is 17.4. The lowest BCUT2D eigenvalue weighted by molar-refractivity contribution is -0.384. The summed E-state index contributed by atoms with van der Waals surface area (Å²) in [5.41, 5.74) is 2.47. The van der Waals surface area contributed by atoms with Crippen LogP contribution in [0, 0.1) is 17.0 Å². The average molecular weight is 424 g/mol. The summed E-state index contributed by atoms with van der Waals surface area (Å²) in [4.78, 5) is 22.7. The molecule has 0 aliphatic carbocycles. The van der Waals surface area contributed by atoms with Crippen molar-refractivity contribution in [3.63, 3.8) is 0 Å². The number of carbonyl (C=O) groups is 1. The quantitative estimate of drug-likeness (QED) is 0.459. The summed E-state index contributed by atoms with van der Waals surface area (Å²) in [5.74, 6) is -0.319. The van der Waals surface area contributed by atoms with E-state index in [0.29, 0.717) is 26.3 Å². The van der Waals surface area contributed by atoms with Crippen molar-refractivity contribution in [2.45, 2.75) is 13.3 Å². The number of hydrogen-bond donors (Lipinski definition) is 1. The van der Waals surface area contributed by atoms with Gasteiger partial charge in [0.1, 0.15) is 5.58 Å². The highest BCUT2D eigenvalue weighted by Gasteiger charge is 2.15. The number of rotatable bonds is 4. The molecule has 0 radical (unpaired) electrons. The van der Waals surface area contributed by atoms with Gasteiger partial charge in [-0.2, -0.15) is 0 Å². The zero-order valence-electron chi connectivity index (χ0n) is 13.0. The maximum atomic E-state index is 12.3. The van der Waals surface area contributed by atoms with Crippen molar-refractivity contribution in [2.75, 3.05) is 5.32 Å². The molecule has 1 N–H and O–H groups in total. The first-order valence-corrected chi connectivity index (χ1v) is 8.42. The van der Waals surface area contributed by atoms with E-state index >= 15 is 0 Å². The van der Waals surface area contributed by atoms with Gasteiger partial charge >= 0.3 is 0 Å². The van der Waals surface area contributed by atoms with E-state index in [1.54, 1.807) is 6.07 Å². The highest BCUT2D eigenvalue weighted by Crippen LogP contribution is 2.29. The van der Waals surface area contributed by atoms with Gasteiger partial charge in [0.05, 0.1) is 23.3 Å². The van der Waals surface area contributed by atoms with Gasteiger partial charge in [-0.1, -0.05) is 11.6 Å². The SMILES string of the molecule is Cc1cc2occ(CC(=O)Nc3cc([N+](=O)[O-])ccc3Br)c2cc1Cl. The second-order valence-electron chi connectivity index (χ2n) is 5.50. The highest BCUT2D eigenvalue weighted by atomic mass is 79.9. The maximum absolute atomic E-state index is 12.3. The molecule has 1 amide bonds. The Morgan fingerprint density at radius 2 is 2.12 bits per heavy atom. The fourth-order valence-corrected chi connectivity index (χ4v) is 2.94. The van der Waals surface area contributed by atoms with Crippen molar-refractivity contribution in [1.29, 1.82) is 0 Å². The van der Waals surface area contributed by atoms with E-state index in [1.165, 1.54) is 24.5 Å². The van der Waals surface area contributed by atoms with Crippen molar-refractivity contribution >= 4 is 55.8 Å². The molecule has 3 rings (SSSR count). The first-order chi connectivity index (χ1) is 11.8. The molecule has 0 aliphatic rings. The minimum absolute atomic E-state index is 0.0571. The van der Waals surface area contributed by atoms with E-state index in [4.69, 9.17) is 16.0 Å². The molecule has 25 heavy (non-hydrogen) atoms. The second kappa shape index (κ2) is 6.85. The number of fused-ring (bicyclic) bond motifs is 1. The predicted octanol–water partition coefficient (Wildman–Crippen LogP) is 5.25. The lowest BCUT2D eigenvalue weighted by Gasteiger charge is -2.07. The van der Waals surface area contributed by atoms with Gasteiger partial charge in [-0.05, 0) is 46.6 Å². The van der Waals surface area contributed by atoms with Gasteiger partial charge in [-0.25, -0.2) is 0 Å². The van der Waals surface area contributed by atoms with Crippen LogP contribution in [0.3, 0.4) is 0 Å². The van der Waals surface area contributed by atoms with Crippen LogP contribution in [-0.4, -0.2) is 10.8 Å². The number of nitrogens with zero attached hydrogens (tertiary/aromatic N) is 1. The van der Waals surface area contributed by atoms with Crippen molar-refractivity contribution in [2.24, 2.45) is 0 Å². The number of carbonyl (C=O) groups excluding carboxylic acids is 1. The number of amides is 1. The van der Waals surface area contributed by atoms with Crippen LogP contribution < -0.4 is 5.32 Å². The summed E-state index contributed by atoms with van der Waals surface area (Å²) in [5, 5.41) is 14.9. The lowest BCUT2D eigenvalue weighted by atomic mass is 10.1. The molecule has 0 spiro atoms. The minimum Gasteiger partial charge on any atom is -0.464 e. The number of aryl methyl sites for hydroxylation is 1. The summed E-state index contributed by atoms with van der Waals surface area (Å²) < 4.78 is 6.03. The van der Waals surface area contributed by atoms with Crippen LogP contribution in [0.5, 0.6) is 0 Å². The third kappa shape index (κ3) is 3.67. The molecule has 0 saturated carbocycles. The summed E-state index contributed by atoms with van der Waals surface area (Å²) in [7, 11) is 0. The Morgan fingerprint density at radius 1 is 1.36 bits per heavy atom. The summed E-state index contributed by atoms with van der Waals surface area (Å²) in [6.45, 7) is 1.87. The smallest absolute Gasteiger partial charge is 0.271 e. The van der Waals surface area contributed by atoms with Crippen LogP contribution in [0.15, 0.2) is 45.5 Å². The van der Waals surface area contributed by atoms with E-state index in [1.807, 2.05) is 13.0 Å². The Labute approximate surface area is 156 Å². The van der Waals surface area contributed by atoms with Crippen LogP contribution in [0.4, 0.5) is 11.4 Å². The van der Waals surface area contributed by atoms with Gasteiger partial charge in [0, 0.05) is 32.6 Å². The van der Waals surface area contributed by atoms with E-state index in [-0.39, 0.29) is 18.0 Å². The third-order valence-corrected chi connectivity index (χ3v) is 4.82. The van der Waals surface area contributed by atoms with E-state index in [2.05, 4.69) is 21.2 Å². The molecule has 8 heteroatoms. The largest absolute Gasteiger partial charge is 0.464 e. The van der Waals surface area contributed by atoms with Crippen molar-refractivity contribution < 1.29 is 14.1 Å². The van der Waals surface area contributed by atoms with Gasteiger partial charge in [-0.15, -0.1) is 0 Å². The maximum Gasteiger partial charge on any atom is 0.271 e. The summed E-state index contributed by atoms with van der Waals surface area (Å²) in [6.07, 6.45) is 1.57. The van der Waals surface area contributed by atoms with Crippen LogP contribution in [-0.2, 0) is 11.2 Å². The lowest BCUT2D eigenvalue weighted by Crippen LogP contribution is -2.14. The van der Waals surface area contributed by atoms with Crippen molar-refractivity contribution in [3.05, 3.63) is 67.3 Å². The minimum atomic E-state index is -0.518. The first-order valence-electron chi connectivity index (χ1n) is 7.25. The Bertz CT molecular complexity index is 1000. The number of non-ortho nitro benzene ring substituents is 1. The zero-order valence-corrected chi connectivity index (χ0v) is 15.3. The Hall–Kier alpha value is -2.38. The van der Waals surface area contributed by atoms with Gasteiger partial charge in [0.2, 0.25) is 5.91 Å². The molecule has 0 fully saturated rings. The number of halogens is 2. The number of anilines is 1. The molecule has 0 saturated heterocycles. The molecule has 2 aromatic carbocycles. The van der Waals surface area contributed by atoms with Gasteiger partial charge in [0.15, 0.2) is 0 Å². The zero-order chi connectivity index (χ0) is 18.1. The monoisotopic (exact) mass is 422 g/mol. The van der Waals surface area contributed by atoms with Crippen LogP contribution >= 0.6 is 27.5 Å². The topological polar surface area (TPSA) is 85.4 Å². The fourth-order valence-electron chi connectivity index (χ4n) is 2.43. The number of furan rings is 1. The highest BCUT2D eigenvalue weighted by molar-refractivity contribution is 9.10. The van der Waals surface area contributed by atoms with Crippen LogP contribution in [0.2, 0.25) is 5.02 Å². The molecule has 1 heterocycles. The number of nitrogens with one attached hydrogen (secondary N) is 1. The molecule has 0 aliphatic heterocycles. The normalized spacial score (nSPS) is 10.8. The predicted molar refractivity (Wildman–Crippen MR) is 99.1 cm³/mol. The average Bonchev–Trinajstić information content (AvgIpc) is 2.91. The van der Waals surface area contributed by atoms with Crippen LogP contribution in [0.1, 0.15) is 11.1 Å². The van der Waals surface area contributed by atoms with Crippen LogP contribution in [0.25, 0.3) is 11.0 Å². The third-order valence-electron chi connectivity index (χ3n) is 3.72. The van der Waals surface area contributed by atoms with Crippen molar-refractivity contribution in [3.8, 4) is 0 Å². The number of nitro groups is 1. The fraction of sp³-hybridized carbons (Fsp3) is 0.118. The molecule has 0 unspecified atom stereocenters. The standard InChI is InChI=1S/C17H12BrClN2O4/c1-9-4-16-12(7-14(9)19)10(8-25-16)5-17(22)20-15-6-11(21(23)24)2-3-13(15)18/h2-4,6-8H,5H2,1H3,(H,20,22). The number of nitro benzene ring substituents is 1. The molecule has 128 valence electrons. The van der Waals surface area contributed by atoms with E-state index < -0.39 is 4.92 Å². The van der Waals surface area contributed by atoms with Crippen molar-refractivity contribution in [1.82, 2.24) is 0 Å². The summed E-state index contributed by atoms with van der Waals surface area (Å²) in [6, 6.07) is 7.75. The molecule has 6 nitrogen and oxygen atoms in total. The Morgan fingerprint density at radius 3 is 2.84 bits per heavy atom.